The molecule has 0 radical (unpaired) electrons. The highest BCUT2D eigenvalue weighted by molar-refractivity contribution is 7.09. The van der Waals surface area contributed by atoms with Crippen LogP contribution in [-0.2, 0) is 12.5 Å². The average molecular weight is 254 g/mol. The largest absolute Gasteiger partial charge is 0.486 e. The lowest BCUT2D eigenvalue weighted by Crippen LogP contribution is -1.94. The lowest BCUT2D eigenvalue weighted by molar-refractivity contribution is 0.305. The lowest BCUT2D eigenvalue weighted by atomic mass is 10.2. The van der Waals surface area contributed by atoms with E-state index in [9.17, 15) is 0 Å². The maximum Gasteiger partial charge on any atom is 0.140 e. The van der Waals surface area contributed by atoms with E-state index in [-0.39, 0.29) is 0 Å². The Morgan fingerprint density at radius 2 is 2.06 bits per heavy atom. The molecule has 2 aromatic rings. The van der Waals surface area contributed by atoms with Gasteiger partial charge in [-0.15, -0.1) is 22.9 Å². The summed E-state index contributed by atoms with van der Waals surface area (Å²) in [5, 5.41) is 3.02. The first-order chi connectivity index (χ1) is 7.78. The Balaban J connectivity index is 1.94. The second-order valence-electron chi connectivity index (χ2n) is 3.45. The van der Waals surface area contributed by atoms with Crippen molar-refractivity contribution >= 4 is 22.9 Å². The van der Waals surface area contributed by atoms with E-state index in [1.54, 1.807) is 11.3 Å². The molecule has 0 N–H and O–H groups in total. The molecule has 0 amide bonds. The molecule has 0 saturated carbocycles. The summed E-state index contributed by atoms with van der Waals surface area (Å²) in [7, 11) is 0. The summed E-state index contributed by atoms with van der Waals surface area (Å²) in [5.74, 6) is 1.38. The van der Waals surface area contributed by atoms with Crippen molar-refractivity contribution in [2.75, 3.05) is 0 Å². The minimum Gasteiger partial charge on any atom is -0.486 e. The van der Waals surface area contributed by atoms with Crippen LogP contribution in [-0.4, -0.2) is 4.98 Å². The molecule has 1 aromatic heterocycles. The second-order valence-corrected chi connectivity index (χ2v) is 4.66. The van der Waals surface area contributed by atoms with E-state index in [4.69, 9.17) is 16.3 Å². The first kappa shape index (κ1) is 11.4. The number of hydrogen-bond donors (Lipinski definition) is 0. The molecule has 0 spiro atoms. The molecule has 0 aliphatic carbocycles. The molecule has 1 heterocycles. The normalized spacial score (nSPS) is 10.4. The van der Waals surface area contributed by atoms with Gasteiger partial charge in [-0.3, -0.25) is 0 Å². The fraction of sp³-hybridized carbons (Fsp3) is 0.250. The van der Waals surface area contributed by atoms with E-state index in [1.165, 1.54) is 0 Å². The highest BCUT2D eigenvalue weighted by Crippen LogP contribution is 2.16. The molecule has 1 aromatic carbocycles. The molecule has 0 unspecified atom stereocenters. The Kier molecular flexibility index (Phi) is 3.80. The van der Waals surface area contributed by atoms with Gasteiger partial charge in [0.1, 0.15) is 17.4 Å². The number of alkyl halides is 1. The summed E-state index contributed by atoms with van der Waals surface area (Å²) >= 11 is 7.33. The minimum atomic E-state index is 0.527. The van der Waals surface area contributed by atoms with Crippen LogP contribution in [0.5, 0.6) is 5.75 Å². The third-order valence-corrected chi connectivity index (χ3v) is 3.36. The summed E-state index contributed by atoms with van der Waals surface area (Å²) in [6.07, 6.45) is 0. The van der Waals surface area contributed by atoms with Crippen LogP contribution in [0.15, 0.2) is 29.6 Å². The Bertz CT molecular complexity index is 452. The van der Waals surface area contributed by atoms with E-state index in [0.717, 1.165) is 22.0 Å². The van der Waals surface area contributed by atoms with Crippen LogP contribution in [0.2, 0.25) is 0 Å². The van der Waals surface area contributed by atoms with Crippen LogP contribution >= 0.6 is 22.9 Å². The molecule has 0 aliphatic heterocycles. The van der Waals surface area contributed by atoms with E-state index in [2.05, 4.69) is 4.98 Å². The van der Waals surface area contributed by atoms with Gasteiger partial charge in [-0.25, -0.2) is 4.98 Å². The number of nitrogens with zero attached hydrogens (tertiary/aromatic N) is 1. The molecule has 2 nitrogen and oxygen atoms in total. The van der Waals surface area contributed by atoms with Crippen molar-refractivity contribution in [3.05, 3.63) is 45.9 Å². The predicted molar refractivity (Wildman–Crippen MR) is 67.2 cm³/mol. The lowest BCUT2D eigenvalue weighted by Gasteiger charge is -2.04. The van der Waals surface area contributed by atoms with Gasteiger partial charge in [0.05, 0.1) is 0 Å². The summed E-state index contributed by atoms with van der Waals surface area (Å²) < 4.78 is 5.61. The molecule has 0 atom stereocenters. The van der Waals surface area contributed by atoms with Crippen molar-refractivity contribution in [1.82, 2.24) is 4.98 Å². The highest BCUT2D eigenvalue weighted by Gasteiger charge is 2.00. The van der Waals surface area contributed by atoms with Crippen molar-refractivity contribution in [3.63, 3.8) is 0 Å². The van der Waals surface area contributed by atoms with Gasteiger partial charge >= 0.3 is 0 Å². The molecule has 0 aliphatic rings. The number of aromatic nitrogens is 1. The Morgan fingerprint density at radius 1 is 1.31 bits per heavy atom. The van der Waals surface area contributed by atoms with Gasteiger partial charge in [0.25, 0.3) is 0 Å². The molecule has 0 saturated heterocycles. The van der Waals surface area contributed by atoms with Crippen molar-refractivity contribution < 1.29 is 4.74 Å². The van der Waals surface area contributed by atoms with Gasteiger partial charge in [0, 0.05) is 17.0 Å². The zero-order valence-electron chi connectivity index (χ0n) is 8.94. The first-order valence-electron chi connectivity index (χ1n) is 4.96. The van der Waals surface area contributed by atoms with Gasteiger partial charge in [0.15, 0.2) is 0 Å². The van der Waals surface area contributed by atoms with Crippen molar-refractivity contribution in [2.45, 2.75) is 19.4 Å². The standard InChI is InChI=1S/C12H12ClNOS/c1-9-8-16-12(14-9)7-15-11-4-2-10(6-13)3-5-11/h2-5,8H,6-7H2,1H3. The van der Waals surface area contributed by atoms with Crippen LogP contribution in [0.3, 0.4) is 0 Å². The first-order valence-corrected chi connectivity index (χ1v) is 6.38. The number of ether oxygens (including phenoxy) is 1. The van der Waals surface area contributed by atoms with Crippen LogP contribution in [0.1, 0.15) is 16.3 Å². The number of rotatable bonds is 4. The van der Waals surface area contributed by atoms with E-state index in [1.807, 2.05) is 36.6 Å². The molecule has 0 bridgehead atoms. The van der Waals surface area contributed by atoms with Gasteiger partial charge in [0.2, 0.25) is 0 Å². The zero-order chi connectivity index (χ0) is 11.4. The average Bonchev–Trinajstić information content (AvgIpc) is 2.73. The van der Waals surface area contributed by atoms with E-state index >= 15 is 0 Å². The Morgan fingerprint density at radius 3 is 2.62 bits per heavy atom. The van der Waals surface area contributed by atoms with Gasteiger partial charge < -0.3 is 4.74 Å². The van der Waals surface area contributed by atoms with Crippen LogP contribution in [0.4, 0.5) is 0 Å². The summed E-state index contributed by atoms with van der Waals surface area (Å²) in [6, 6.07) is 7.79. The third-order valence-electron chi connectivity index (χ3n) is 2.11. The summed E-state index contributed by atoms with van der Waals surface area (Å²) in [4.78, 5) is 4.33. The molecule has 2 rings (SSSR count). The number of halogens is 1. The highest BCUT2D eigenvalue weighted by atomic mass is 35.5. The molecule has 84 valence electrons. The number of benzene rings is 1. The van der Waals surface area contributed by atoms with Crippen LogP contribution < -0.4 is 4.74 Å². The molecule has 0 fully saturated rings. The number of hydrogen-bond acceptors (Lipinski definition) is 3. The fourth-order valence-corrected chi connectivity index (χ4v) is 2.15. The third kappa shape index (κ3) is 2.97. The summed E-state index contributed by atoms with van der Waals surface area (Å²) in [5.41, 5.74) is 2.14. The molecule has 16 heavy (non-hydrogen) atoms. The molecule has 4 heteroatoms. The van der Waals surface area contributed by atoms with E-state index in [0.29, 0.717) is 12.5 Å². The predicted octanol–water partition coefficient (Wildman–Crippen LogP) is 3.77. The second kappa shape index (κ2) is 5.32. The monoisotopic (exact) mass is 253 g/mol. The number of aryl methyl sites for hydroxylation is 1. The summed E-state index contributed by atoms with van der Waals surface area (Å²) in [6.45, 7) is 2.51. The Labute approximate surface area is 104 Å². The SMILES string of the molecule is Cc1csc(COc2ccc(CCl)cc2)n1. The van der Waals surface area contributed by atoms with Gasteiger partial charge in [-0.1, -0.05) is 12.1 Å². The number of thiazole rings is 1. The maximum absolute atomic E-state index is 5.71. The minimum absolute atomic E-state index is 0.527. The van der Waals surface area contributed by atoms with Gasteiger partial charge in [-0.2, -0.15) is 0 Å². The maximum atomic E-state index is 5.71. The zero-order valence-corrected chi connectivity index (χ0v) is 10.5. The quantitative estimate of drug-likeness (QED) is 0.774. The van der Waals surface area contributed by atoms with Crippen LogP contribution in [0.25, 0.3) is 0 Å². The smallest absolute Gasteiger partial charge is 0.140 e. The van der Waals surface area contributed by atoms with E-state index < -0.39 is 0 Å². The topological polar surface area (TPSA) is 22.1 Å². The van der Waals surface area contributed by atoms with Gasteiger partial charge in [-0.05, 0) is 24.6 Å². The van der Waals surface area contributed by atoms with Crippen LogP contribution in [0, 0.1) is 6.92 Å². The Hall–Kier alpha value is -1.06. The fourth-order valence-electron chi connectivity index (χ4n) is 1.29. The van der Waals surface area contributed by atoms with Crippen molar-refractivity contribution in [2.24, 2.45) is 0 Å². The van der Waals surface area contributed by atoms with Crippen molar-refractivity contribution in [3.8, 4) is 5.75 Å². The molecular weight excluding hydrogens is 242 g/mol. The molecular formula is C12H12ClNOS. The van der Waals surface area contributed by atoms with Crippen molar-refractivity contribution in [1.29, 1.82) is 0 Å².